The maximum atomic E-state index is 2.19. The molecular weight excluding hydrogens is 132 g/mol. The van der Waals surface area contributed by atoms with E-state index in [0.717, 1.165) is 0 Å². The minimum atomic E-state index is 0.500. The summed E-state index contributed by atoms with van der Waals surface area (Å²) in [4.78, 5) is 0. The molecule has 0 heteroatoms. The van der Waals surface area contributed by atoms with Crippen LogP contribution in [0.3, 0.4) is 0 Å². The molecule has 0 nitrogen and oxygen atoms in total. The Hall–Kier alpha value is 0. The average molecular weight is 156 g/mol. The first kappa shape index (κ1) is 11.0. The molecule has 0 heterocycles. The summed E-state index contributed by atoms with van der Waals surface area (Å²) in [5, 5.41) is 0. The number of rotatable bonds is 0. The Balaban J connectivity index is 0.000000187. The summed E-state index contributed by atoms with van der Waals surface area (Å²) in [7, 11) is 0. The monoisotopic (exact) mass is 156 g/mol. The normalized spacial score (nSPS) is 18.5. The standard InChI is InChI=1S/C6H12.C5H12/c1-2-4-6-5-3-1;1-5(2,3)4/h1-6H2;1-4H3. The maximum Gasteiger partial charge on any atom is -0.0411 e. The van der Waals surface area contributed by atoms with Gasteiger partial charge in [0.05, 0.1) is 0 Å². The van der Waals surface area contributed by atoms with Gasteiger partial charge in [0, 0.05) is 0 Å². The fourth-order valence-electron chi connectivity index (χ4n) is 1.06. The summed E-state index contributed by atoms with van der Waals surface area (Å²) in [6, 6.07) is 0. The van der Waals surface area contributed by atoms with E-state index in [9.17, 15) is 0 Å². The second-order valence-corrected chi connectivity index (χ2v) is 5.12. The molecule has 1 aliphatic carbocycles. The summed E-state index contributed by atoms with van der Waals surface area (Å²) >= 11 is 0. The molecule has 0 aliphatic heterocycles. The van der Waals surface area contributed by atoms with Crippen molar-refractivity contribution in [3.8, 4) is 0 Å². The summed E-state index contributed by atoms with van der Waals surface area (Å²) in [6.07, 6.45) is 9.00. The highest BCUT2D eigenvalue weighted by Gasteiger charge is 1.96. The van der Waals surface area contributed by atoms with Gasteiger partial charge in [0.2, 0.25) is 0 Å². The van der Waals surface area contributed by atoms with Gasteiger partial charge in [-0.2, -0.15) is 0 Å². The minimum Gasteiger partial charge on any atom is -0.0604 e. The third-order valence-corrected chi connectivity index (χ3v) is 1.50. The van der Waals surface area contributed by atoms with Gasteiger partial charge in [0.15, 0.2) is 0 Å². The van der Waals surface area contributed by atoms with Crippen LogP contribution >= 0.6 is 0 Å². The zero-order valence-corrected chi connectivity index (χ0v) is 8.74. The van der Waals surface area contributed by atoms with Crippen molar-refractivity contribution in [2.45, 2.75) is 66.2 Å². The van der Waals surface area contributed by atoms with E-state index in [-0.39, 0.29) is 0 Å². The first-order chi connectivity index (χ1) is 5.00. The van der Waals surface area contributed by atoms with Crippen LogP contribution in [0.1, 0.15) is 66.2 Å². The van der Waals surface area contributed by atoms with E-state index in [4.69, 9.17) is 0 Å². The molecule has 0 aromatic carbocycles. The smallest absolute Gasteiger partial charge is 0.0411 e. The maximum absolute atomic E-state index is 2.19. The van der Waals surface area contributed by atoms with Crippen molar-refractivity contribution in [3.63, 3.8) is 0 Å². The molecule has 0 unspecified atom stereocenters. The highest BCUT2D eigenvalue weighted by Crippen LogP contribution is 2.15. The Morgan fingerprint density at radius 1 is 0.545 bits per heavy atom. The molecule has 0 aromatic rings. The largest absolute Gasteiger partial charge is 0.0604 e. The van der Waals surface area contributed by atoms with Crippen molar-refractivity contribution in [1.29, 1.82) is 0 Å². The van der Waals surface area contributed by atoms with E-state index < -0.39 is 0 Å². The lowest BCUT2D eigenvalue weighted by Crippen LogP contribution is -1.93. The van der Waals surface area contributed by atoms with Crippen LogP contribution in [0.4, 0.5) is 0 Å². The van der Waals surface area contributed by atoms with Gasteiger partial charge in [0.25, 0.3) is 0 Å². The second kappa shape index (κ2) is 5.62. The lowest BCUT2D eigenvalue weighted by molar-refractivity contribution is 0.469. The third kappa shape index (κ3) is 17.8. The number of hydrogen-bond donors (Lipinski definition) is 0. The third-order valence-electron chi connectivity index (χ3n) is 1.50. The Morgan fingerprint density at radius 2 is 0.636 bits per heavy atom. The molecule has 0 atom stereocenters. The molecule has 0 bridgehead atoms. The predicted molar refractivity (Wildman–Crippen MR) is 52.8 cm³/mol. The second-order valence-electron chi connectivity index (χ2n) is 5.12. The molecule has 0 N–H and O–H groups in total. The molecule has 0 spiro atoms. The molecule has 11 heavy (non-hydrogen) atoms. The van der Waals surface area contributed by atoms with Crippen LogP contribution in [0.5, 0.6) is 0 Å². The molecule has 1 saturated carbocycles. The lowest BCUT2D eigenvalue weighted by Gasteiger charge is -2.05. The zero-order chi connectivity index (χ0) is 8.74. The molecule has 0 aromatic heterocycles. The van der Waals surface area contributed by atoms with Gasteiger partial charge in [-0.25, -0.2) is 0 Å². The van der Waals surface area contributed by atoms with Crippen LogP contribution in [0, 0.1) is 5.41 Å². The van der Waals surface area contributed by atoms with Crippen LogP contribution in [0.15, 0.2) is 0 Å². The van der Waals surface area contributed by atoms with Gasteiger partial charge in [-0.1, -0.05) is 66.2 Å². The first-order valence-electron chi connectivity index (χ1n) is 5.00. The molecule has 68 valence electrons. The quantitative estimate of drug-likeness (QED) is 0.488. The van der Waals surface area contributed by atoms with E-state index in [1.165, 1.54) is 38.5 Å². The molecular formula is C11H24. The topological polar surface area (TPSA) is 0 Å². The van der Waals surface area contributed by atoms with E-state index in [0.29, 0.717) is 5.41 Å². The Morgan fingerprint density at radius 3 is 0.727 bits per heavy atom. The molecule has 1 rings (SSSR count). The molecule has 1 fully saturated rings. The Bertz CT molecular complexity index is 55.0. The SMILES string of the molecule is C1CCCCC1.CC(C)(C)C. The van der Waals surface area contributed by atoms with Gasteiger partial charge in [-0.15, -0.1) is 0 Å². The van der Waals surface area contributed by atoms with Crippen LogP contribution in [-0.2, 0) is 0 Å². The first-order valence-corrected chi connectivity index (χ1v) is 5.00. The van der Waals surface area contributed by atoms with Gasteiger partial charge < -0.3 is 0 Å². The van der Waals surface area contributed by atoms with Crippen LogP contribution in [0.25, 0.3) is 0 Å². The van der Waals surface area contributed by atoms with E-state index >= 15 is 0 Å². The van der Waals surface area contributed by atoms with Gasteiger partial charge in [0.1, 0.15) is 0 Å². The predicted octanol–water partition coefficient (Wildman–Crippen LogP) is 4.39. The van der Waals surface area contributed by atoms with Crippen LogP contribution < -0.4 is 0 Å². The molecule has 0 saturated heterocycles. The van der Waals surface area contributed by atoms with E-state index in [2.05, 4.69) is 27.7 Å². The van der Waals surface area contributed by atoms with Gasteiger partial charge >= 0.3 is 0 Å². The van der Waals surface area contributed by atoms with Crippen LogP contribution in [0.2, 0.25) is 0 Å². The van der Waals surface area contributed by atoms with Crippen molar-refractivity contribution in [1.82, 2.24) is 0 Å². The number of hydrogen-bond acceptors (Lipinski definition) is 0. The fourth-order valence-corrected chi connectivity index (χ4v) is 1.06. The Kier molecular flexibility index (Phi) is 5.62. The average Bonchev–Trinajstić information content (AvgIpc) is 1.88. The van der Waals surface area contributed by atoms with Crippen molar-refractivity contribution in [2.75, 3.05) is 0 Å². The molecule has 0 radical (unpaired) electrons. The minimum absolute atomic E-state index is 0.500. The fraction of sp³-hybridized carbons (Fsp3) is 1.00. The summed E-state index contributed by atoms with van der Waals surface area (Å²) in [5.74, 6) is 0. The highest BCUT2D eigenvalue weighted by atomic mass is 14.0. The summed E-state index contributed by atoms with van der Waals surface area (Å²) < 4.78 is 0. The van der Waals surface area contributed by atoms with Crippen molar-refractivity contribution in [3.05, 3.63) is 0 Å². The summed E-state index contributed by atoms with van der Waals surface area (Å²) in [6.45, 7) is 8.75. The van der Waals surface area contributed by atoms with E-state index in [1.807, 2.05) is 0 Å². The molecule has 0 amide bonds. The van der Waals surface area contributed by atoms with Crippen molar-refractivity contribution < 1.29 is 0 Å². The van der Waals surface area contributed by atoms with E-state index in [1.54, 1.807) is 0 Å². The van der Waals surface area contributed by atoms with Gasteiger partial charge in [-0.05, 0) is 5.41 Å². The van der Waals surface area contributed by atoms with Crippen molar-refractivity contribution >= 4 is 0 Å². The summed E-state index contributed by atoms with van der Waals surface area (Å²) in [5.41, 5.74) is 0.500. The van der Waals surface area contributed by atoms with Gasteiger partial charge in [-0.3, -0.25) is 0 Å². The molecule has 1 aliphatic rings. The van der Waals surface area contributed by atoms with Crippen molar-refractivity contribution in [2.24, 2.45) is 5.41 Å². The Labute approximate surface area is 72.4 Å². The van der Waals surface area contributed by atoms with Crippen LogP contribution in [-0.4, -0.2) is 0 Å². The highest BCUT2D eigenvalue weighted by molar-refractivity contribution is 4.51. The lowest BCUT2D eigenvalue weighted by atomic mass is 10.0. The zero-order valence-electron chi connectivity index (χ0n) is 8.74.